The molecule has 0 bridgehead atoms. The van der Waals surface area contributed by atoms with E-state index in [0.717, 1.165) is 31.2 Å². The first kappa shape index (κ1) is 15.5. The predicted octanol–water partition coefficient (Wildman–Crippen LogP) is 3.96. The van der Waals surface area contributed by atoms with Gasteiger partial charge in [-0.2, -0.15) is 0 Å². The lowest BCUT2D eigenvalue weighted by Crippen LogP contribution is -2.32. The Hall–Kier alpha value is -1.57. The van der Waals surface area contributed by atoms with Crippen molar-refractivity contribution < 1.29 is 4.79 Å². The molecule has 2 nitrogen and oxygen atoms in total. The highest BCUT2D eigenvalue weighted by Gasteiger charge is 2.04. The molecule has 1 N–H and O–H groups in total. The van der Waals surface area contributed by atoms with Crippen LogP contribution in [0.3, 0.4) is 0 Å². The Morgan fingerprint density at radius 1 is 1.16 bits per heavy atom. The van der Waals surface area contributed by atoms with Gasteiger partial charge in [-0.1, -0.05) is 51.5 Å². The summed E-state index contributed by atoms with van der Waals surface area (Å²) in [6, 6.07) is 8.66. The van der Waals surface area contributed by atoms with Crippen LogP contribution in [-0.2, 0) is 11.2 Å². The molecule has 1 aromatic rings. The number of carbonyl (C=O) groups excluding carboxylic acids is 1. The average Bonchev–Trinajstić information content (AvgIpc) is 2.44. The summed E-state index contributed by atoms with van der Waals surface area (Å²) in [5, 5.41) is 2.99. The van der Waals surface area contributed by atoms with Crippen molar-refractivity contribution in [3.63, 3.8) is 0 Å². The molecular weight excluding hydrogens is 234 g/mol. The van der Waals surface area contributed by atoms with Gasteiger partial charge in [-0.25, -0.2) is 0 Å². The lowest BCUT2D eigenvalue weighted by Gasteiger charge is -2.12. The number of aryl methyl sites for hydroxylation is 1. The van der Waals surface area contributed by atoms with Crippen molar-refractivity contribution in [1.29, 1.82) is 0 Å². The van der Waals surface area contributed by atoms with Crippen LogP contribution in [0.15, 0.2) is 30.3 Å². The number of benzene rings is 1. The molecule has 1 rings (SSSR count). The average molecular weight is 259 g/mol. The van der Waals surface area contributed by atoms with E-state index >= 15 is 0 Å². The number of amides is 1. The molecule has 0 fully saturated rings. The van der Waals surface area contributed by atoms with E-state index in [4.69, 9.17) is 0 Å². The minimum Gasteiger partial charge on any atom is -0.350 e. The largest absolute Gasteiger partial charge is 0.350 e. The molecular formula is C17H25NO. The summed E-state index contributed by atoms with van der Waals surface area (Å²) in [5.41, 5.74) is 2.42. The topological polar surface area (TPSA) is 29.1 Å². The fourth-order valence-electron chi connectivity index (χ4n) is 2.00. The first-order valence-electron chi connectivity index (χ1n) is 7.27. The third kappa shape index (κ3) is 5.73. The standard InChI is InChI=1S/C17H25NO/c1-4-7-14-8-10-15(11-9-14)12-13-17(19)18-16(5-2)6-3/h8-13,16H,4-7H2,1-3H3,(H,18,19)/b13-12+. The van der Waals surface area contributed by atoms with E-state index in [0.29, 0.717) is 0 Å². The highest BCUT2D eigenvalue weighted by Crippen LogP contribution is 2.08. The fourth-order valence-corrected chi connectivity index (χ4v) is 2.00. The van der Waals surface area contributed by atoms with Crippen LogP contribution >= 0.6 is 0 Å². The Morgan fingerprint density at radius 3 is 2.32 bits per heavy atom. The molecule has 2 heteroatoms. The minimum absolute atomic E-state index is 0.00802. The summed E-state index contributed by atoms with van der Waals surface area (Å²) in [6.45, 7) is 6.35. The summed E-state index contributed by atoms with van der Waals surface area (Å²) < 4.78 is 0. The van der Waals surface area contributed by atoms with E-state index < -0.39 is 0 Å². The highest BCUT2D eigenvalue weighted by molar-refractivity contribution is 5.91. The van der Waals surface area contributed by atoms with Crippen LogP contribution in [-0.4, -0.2) is 11.9 Å². The number of hydrogen-bond acceptors (Lipinski definition) is 1. The number of rotatable bonds is 7. The molecule has 104 valence electrons. The van der Waals surface area contributed by atoms with E-state index in [9.17, 15) is 4.79 Å². The summed E-state index contributed by atoms with van der Waals surface area (Å²) in [6.07, 6.45) is 7.70. The Morgan fingerprint density at radius 2 is 1.79 bits per heavy atom. The molecule has 0 aliphatic rings. The first-order chi connectivity index (χ1) is 9.19. The Balaban J connectivity index is 2.53. The smallest absolute Gasteiger partial charge is 0.244 e. The monoisotopic (exact) mass is 259 g/mol. The second-order valence-corrected chi connectivity index (χ2v) is 4.85. The van der Waals surface area contributed by atoms with Crippen LogP contribution < -0.4 is 5.32 Å². The first-order valence-corrected chi connectivity index (χ1v) is 7.27. The lowest BCUT2D eigenvalue weighted by atomic mass is 10.1. The third-order valence-electron chi connectivity index (χ3n) is 3.28. The zero-order valence-electron chi connectivity index (χ0n) is 12.3. The number of carbonyl (C=O) groups is 1. The maximum atomic E-state index is 11.7. The minimum atomic E-state index is -0.00802. The number of nitrogens with one attached hydrogen (secondary N) is 1. The molecule has 1 aromatic carbocycles. The molecule has 0 heterocycles. The van der Waals surface area contributed by atoms with Crippen molar-refractivity contribution in [2.75, 3.05) is 0 Å². The Kier molecular flexibility index (Phi) is 6.94. The Bertz CT molecular complexity index is 402. The maximum absolute atomic E-state index is 11.7. The molecule has 0 aliphatic carbocycles. The van der Waals surface area contributed by atoms with Gasteiger partial charge in [-0.3, -0.25) is 4.79 Å². The molecule has 0 unspecified atom stereocenters. The van der Waals surface area contributed by atoms with Gasteiger partial charge in [-0.15, -0.1) is 0 Å². The van der Waals surface area contributed by atoms with Gasteiger partial charge >= 0.3 is 0 Å². The van der Waals surface area contributed by atoms with E-state index in [-0.39, 0.29) is 11.9 Å². The van der Waals surface area contributed by atoms with Gasteiger partial charge in [-0.05, 0) is 36.5 Å². The lowest BCUT2D eigenvalue weighted by molar-refractivity contribution is -0.117. The van der Waals surface area contributed by atoms with Crippen molar-refractivity contribution in [2.45, 2.75) is 52.5 Å². The molecule has 0 spiro atoms. The van der Waals surface area contributed by atoms with E-state index in [2.05, 4.69) is 50.4 Å². The van der Waals surface area contributed by atoms with Crippen molar-refractivity contribution in [3.8, 4) is 0 Å². The Labute approximate surface area is 116 Å². The molecule has 0 saturated carbocycles. The van der Waals surface area contributed by atoms with Gasteiger partial charge in [0, 0.05) is 12.1 Å². The van der Waals surface area contributed by atoms with Crippen LogP contribution in [0.5, 0.6) is 0 Å². The summed E-state index contributed by atoms with van der Waals surface area (Å²) >= 11 is 0. The molecule has 0 aliphatic heterocycles. The van der Waals surface area contributed by atoms with Crippen molar-refractivity contribution in [2.24, 2.45) is 0 Å². The van der Waals surface area contributed by atoms with Gasteiger partial charge in [0.05, 0.1) is 0 Å². The molecule has 1 amide bonds. The fraction of sp³-hybridized carbons (Fsp3) is 0.471. The third-order valence-corrected chi connectivity index (χ3v) is 3.28. The van der Waals surface area contributed by atoms with Crippen molar-refractivity contribution in [3.05, 3.63) is 41.5 Å². The van der Waals surface area contributed by atoms with Gasteiger partial charge in [0.15, 0.2) is 0 Å². The van der Waals surface area contributed by atoms with Gasteiger partial charge in [0.25, 0.3) is 0 Å². The molecule has 19 heavy (non-hydrogen) atoms. The zero-order chi connectivity index (χ0) is 14.1. The molecule has 0 saturated heterocycles. The molecule has 0 atom stereocenters. The second kappa shape index (κ2) is 8.52. The molecule has 0 aromatic heterocycles. The molecule has 0 radical (unpaired) electrons. The zero-order valence-corrected chi connectivity index (χ0v) is 12.3. The van der Waals surface area contributed by atoms with Crippen molar-refractivity contribution >= 4 is 12.0 Å². The summed E-state index contributed by atoms with van der Waals surface area (Å²) in [5.74, 6) is -0.00802. The van der Waals surface area contributed by atoms with Gasteiger partial charge in [0.1, 0.15) is 0 Å². The summed E-state index contributed by atoms with van der Waals surface area (Å²) in [4.78, 5) is 11.7. The predicted molar refractivity (Wildman–Crippen MR) is 82.0 cm³/mol. The van der Waals surface area contributed by atoms with Gasteiger partial charge in [0.2, 0.25) is 5.91 Å². The number of hydrogen-bond donors (Lipinski definition) is 1. The van der Waals surface area contributed by atoms with E-state index in [1.54, 1.807) is 6.08 Å². The SMILES string of the molecule is CCCc1ccc(/C=C/C(=O)NC(CC)CC)cc1. The van der Waals surface area contributed by atoms with Crippen LogP contribution in [0.4, 0.5) is 0 Å². The second-order valence-electron chi connectivity index (χ2n) is 4.85. The normalized spacial score (nSPS) is 11.2. The summed E-state index contributed by atoms with van der Waals surface area (Å²) in [7, 11) is 0. The van der Waals surface area contributed by atoms with Crippen LogP contribution in [0, 0.1) is 0 Å². The van der Waals surface area contributed by atoms with Crippen LogP contribution in [0.1, 0.15) is 51.2 Å². The van der Waals surface area contributed by atoms with E-state index in [1.165, 1.54) is 5.56 Å². The quantitative estimate of drug-likeness (QED) is 0.738. The van der Waals surface area contributed by atoms with E-state index in [1.807, 2.05) is 6.08 Å². The highest BCUT2D eigenvalue weighted by atomic mass is 16.1. The van der Waals surface area contributed by atoms with Crippen LogP contribution in [0.2, 0.25) is 0 Å². The van der Waals surface area contributed by atoms with Crippen LogP contribution in [0.25, 0.3) is 6.08 Å². The maximum Gasteiger partial charge on any atom is 0.244 e. The van der Waals surface area contributed by atoms with Gasteiger partial charge < -0.3 is 5.32 Å². The van der Waals surface area contributed by atoms with Crippen molar-refractivity contribution in [1.82, 2.24) is 5.32 Å².